The molecular formula is C8H11ClSi. The van der Waals surface area contributed by atoms with Gasteiger partial charge in [-0.25, -0.2) is 0 Å². The lowest BCUT2D eigenvalue weighted by Crippen LogP contribution is -1.83. The molecule has 0 bridgehead atoms. The van der Waals surface area contributed by atoms with Gasteiger partial charge in [-0.2, -0.15) is 0 Å². The van der Waals surface area contributed by atoms with E-state index >= 15 is 0 Å². The lowest BCUT2D eigenvalue weighted by atomic mass is 10.2. The SMILES string of the molecule is [SiH3]CCc1ccccc1Cl. The van der Waals surface area contributed by atoms with Gasteiger partial charge in [0.2, 0.25) is 0 Å². The smallest absolute Gasteiger partial charge is 0.0437 e. The third-order valence-corrected chi connectivity index (χ3v) is 2.35. The minimum Gasteiger partial charge on any atom is -0.0840 e. The third-order valence-electron chi connectivity index (χ3n) is 1.48. The standard InChI is InChI=1S/C8H11ClSi/c9-8-4-2-1-3-7(8)5-6-10/h1-4H,5-6H2,10H3. The first-order valence-electron chi connectivity index (χ1n) is 3.58. The van der Waals surface area contributed by atoms with Crippen LogP contribution in [0.25, 0.3) is 0 Å². The third kappa shape index (κ3) is 1.86. The van der Waals surface area contributed by atoms with E-state index in [0.717, 1.165) is 11.4 Å². The van der Waals surface area contributed by atoms with Crippen LogP contribution in [0.15, 0.2) is 24.3 Å². The molecule has 1 aromatic carbocycles. The molecule has 1 rings (SSSR count). The van der Waals surface area contributed by atoms with Gasteiger partial charge in [0.15, 0.2) is 0 Å². The Morgan fingerprint density at radius 3 is 2.60 bits per heavy atom. The molecule has 0 spiro atoms. The Kier molecular flexibility index (Phi) is 2.97. The zero-order chi connectivity index (χ0) is 7.40. The van der Waals surface area contributed by atoms with Crippen molar-refractivity contribution >= 4 is 21.8 Å². The predicted octanol–water partition coefficient (Wildman–Crippen LogP) is 1.67. The number of hydrogen-bond donors (Lipinski definition) is 0. The molecule has 0 heterocycles. The second-order valence-electron chi connectivity index (χ2n) is 2.34. The van der Waals surface area contributed by atoms with Crippen molar-refractivity contribution < 1.29 is 0 Å². The van der Waals surface area contributed by atoms with E-state index in [1.54, 1.807) is 0 Å². The van der Waals surface area contributed by atoms with E-state index in [9.17, 15) is 0 Å². The van der Waals surface area contributed by atoms with Crippen molar-refractivity contribution in [1.82, 2.24) is 0 Å². The molecule has 0 unspecified atom stereocenters. The Hall–Kier alpha value is -0.273. The molecule has 0 aliphatic rings. The largest absolute Gasteiger partial charge is 0.0840 e. The van der Waals surface area contributed by atoms with Gasteiger partial charge >= 0.3 is 0 Å². The van der Waals surface area contributed by atoms with Crippen LogP contribution in [0.2, 0.25) is 11.1 Å². The fourth-order valence-corrected chi connectivity index (χ4v) is 1.74. The van der Waals surface area contributed by atoms with Crippen molar-refractivity contribution in [2.75, 3.05) is 0 Å². The van der Waals surface area contributed by atoms with Crippen LogP contribution in [0.1, 0.15) is 5.56 Å². The Balaban J connectivity index is 2.81. The van der Waals surface area contributed by atoms with Crippen molar-refractivity contribution in [3.05, 3.63) is 34.9 Å². The summed E-state index contributed by atoms with van der Waals surface area (Å²) < 4.78 is 0. The van der Waals surface area contributed by atoms with E-state index < -0.39 is 0 Å². The van der Waals surface area contributed by atoms with E-state index in [1.807, 2.05) is 18.2 Å². The van der Waals surface area contributed by atoms with Crippen LogP contribution in [-0.2, 0) is 6.42 Å². The van der Waals surface area contributed by atoms with Crippen LogP contribution in [0, 0.1) is 0 Å². The number of rotatable bonds is 2. The summed E-state index contributed by atoms with van der Waals surface area (Å²) in [7, 11) is 1.26. The maximum atomic E-state index is 5.92. The number of benzene rings is 1. The Bertz CT molecular complexity index is 210. The molecule has 0 amide bonds. The van der Waals surface area contributed by atoms with Gasteiger partial charge in [-0.1, -0.05) is 35.8 Å². The summed E-state index contributed by atoms with van der Waals surface area (Å²) in [5.74, 6) is 0. The molecule has 0 saturated heterocycles. The van der Waals surface area contributed by atoms with E-state index in [-0.39, 0.29) is 0 Å². The summed E-state index contributed by atoms with van der Waals surface area (Å²) >= 11 is 5.92. The molecule has 0 aliphatic carbocycles. The van der Waals surface area contributed by atoms with Gasteiger partial charge in [0.05, 0.1) is 0 Å². The van der Waals surface area contributed by atoms with Gasteiger partial charge in [-0.3, -0.25) is 0 Å². The molecule has 0 aromatic heterocycles. The van der Waals surface area contributed by atoms with Crippen LogP contribution >= 0.6 is 11.6 Å². The lowest BCUT2D eigenvalue weighted by molar-refractivity contribution is 1.13. The van der Waals surface area contributed by atoms with Gasteiger partial charge in [0.25, 0.3) is 0 Å². The summed E-state index contributed by atoms with van der Waals surface area (Å²) in [6.07, 6.45) is 1.14. The highest BCUT2D eigenvalue weighted by Crippen LogP contribution is 2.15. The summed E-state index contributed by atoms with van der Waals surface area (Å²) in [5.41, 5.74) is 1.29. The molecule has 0 N–H and O–H groups in total. The molecular weight excluding hydrogens is 160 g/mol. The molecule has 0 atom stereocenters. The second-order valence-corrected chi connectivity index (χ2v) is 3.75. The topological polar surface area (TPSA) is 0 Å². The molecule has 0 fully saturated rings. The van der Waals surface area contributed by atoms with Gasteiger partial charge in [0, 0.05) is 15.3 Å². The first-order chi connectivity index (χ1) is 4.84. The first-order valence-corrected chi connectivity index (χ1v) is 5.37. The average molecular weight is 171 g/mol. The summed E-state index contributed by atoms with van der Waals surface area (Å²) in [4.78, 5) is 0. The van der Waals surface area contributed by atoms with Crippen molar-refractivity contribution in [3.8, 4) is 0 Å². The average Bonchev–Trinajstić information content (AvgIpc) is 1.94. The fraction of sp³-hybridized carbons (Fsp3) is 0.250. The summed E-state index contributed by atoms with van der Waals surface area (Å²) in [6, 6.07) is 9.36. The number of halogens is 1. The van der Waals surface area contributed by atoms with Crippen LogP contribution < -0.4 is 0 Å². The van der Waals surface area contributed by atoms with Crippen LogP contribution in [0.5, 0.6) is 0 Å². The van der Waals surface area contributed by atoms with E-state index in [1.165, 1.54) is 21.9 Å². The highest BCUT2D eigenvalue weighted by molar-refractivity contribution is 6.31. The van der Waals surface area contributed by atoms with Gasteiger partial charge < -0.3 is 0 Å². The van der Waals surface area contributed by atoms with Crippen molar-refractivity contribution in [2.45, 2.75) is 12.5 Å². The minimum atomic E-state index is 0.915. The van der Waals surface area contributed by atoms with Gasteiger partial charge in [0.1, 0.15) is 0 Å². The molecule has 54 valence electrons. The van der Waals surface area contributed by atoms with Crippen molar-refractivity contribution in [1.29, 1.82) is 0 Å². The molecule has 0 aliphatic heterocycles. The molecule has 1 aromatic rings. The maximum absolute atomic E-state index is 5.92. The van der Waals surface area contributed by atoms with E-state index in [2.05, 4.69) is 6.07 Å². The van der Waals surface area contributed by atoms with Crippen LogP contribution in [0.3, 0.4) is 0 Å². The highest BCUT2D eigenvalue weighted by atomic mass is 35.5. The molecule has 0 radical (unpaired) electrons. The monoisotopic (exact) mass is 170 g/mol. The second kappa shape index (κ2) is 3.79. The zero-order valence-electron chi connectivity index (χ0n) is 6.10. The molecule has 0 saturated carbocycles. The highest BCUT2D eigenvalue weighted by Gasteiger charge is 1.94. The van der Waals surface area contributed by atoms with Crippen LogP contribution in [-0.4, -0.2) is 10.2 Å². The van der Waals surface area contributed by atoms with E-state index in [0.29, 0.717) is 0 Å². The molecule has 2 heteroatoms. The maximum Gasteiger partial charge on any atom is 0.0437 e. The van der Waals surface area contributed by atoms with Gasteiger partial charge in [-0.15, -0.1) is 0 Å². The first kappa shape index (κ1) is 7.83. The predicted molar refractivity (Wildman–Crippen MR) is 49.9 cm³/mol. The fourth-order valence-electron chi connectivity index (χ4n) is 0.970. The van der Waals surface area contributed by atoms with Crippen molar-refractivity contribution in [2.24, 2.45) is 0 Å². The lowest BCUT2D eigenvalue weighted by Gasteiger charge is -1.99. The quantitative estimate of drug-likeness (QED) is 0.593. The zero-order valence-corrected chi connectivity index (χ0v) is 8.86. The van der Waals surface area contributed by atoms with Crippen molar-refractivity contribution in [3.63, 3.8) is 0 Å². The Morgan fingerprint density at radius 2 is 2.00 bits per heavy atom. The van der Waals surface area contributed by atoms with Gasteiger partial charge in [-0.05, 0) is 18.1 Å². The van der Waals surface area contributed by atoms with Crippen LogP contribution in [0.4, 0.5) is 0 Å². The minimum absolute atomic E-state index is 0.915. The number of hydrogen-bond acceptors (Lipinski definition) is 0. The molecule has 0 nitrogen and oxygen atoms in total. The summed E-state index contributed by atoms with van der Waals surface area (Å²) in [6.45, 7) is 0. The Labute approximate surface area is 69.6 Å². The molecule has 10 heavy (non-hydrogen) atoms. The number of aryl methyl sites for hydroxylation is 1. The Morgan fingerprint density at radius 1 is 1.30 bits per heavy atom. The summed E-state index contributed by atoms with van der Waals surface area (Å²) in [5, 5.41) is 0.915. The normalized spacial score (nSPS) is 10.1. The van der Waals surface area contributed by atoms with E-state index in [4.69, 9.17) is 11.6 Å².